The quantitative estimate of drug-likeness (QED) is 0.583. The van der Waals surface area contributed by atoms with Crippen molar-refractivity contribution in [3.05, 3.63) is 12.5 Å². The summed E-state index contributed by atoms with van der Waals surface area (Å²) in [6, 6.07) is 0. The molecule has 0 saturated heterocycles. The van der Waals surface area contributed by atoms with E-state index in [1.54, 1.807) is 0 Å². The van der Waals surface area contributed by atoms with Crippen molar-refractivity contribution in [2.24, 2.45) is 0 Å². The fourth-order valence-corrected chi connectivity index (χ4v) is 0.334. The van der Waals surface area contributed by atoms with Crippen LogP contribution in [0.25, 0.3) is 0 Å². The molecule has 0 fully saturated rings. The van der Waals surface area contributed by atoms with E-state index in [1.165, 1.54) is 19.6 Å². The lowest BCUT2D eigenvalue weighted by atomic mass is 10.8. The summed E-state index contributed by atoms with van der Waals surface area (Å²) in [5.74, 6) is 0.486. The highest BCUT2D eigenvalue weighted by atomic mass is 16.5. The molecule has 0 radical (unpaired) electrons. The van der Waals surface area contributed by atoms with Crippen LogP contribution in [0, 0.1) is 0 Å². The van der Waals surface area contributed by atoms with Gasteiger partial charge in [-0.15, -0.1) is 5.10 Å². The fraction of sp³-hybridized carbons (Fsp3) is 0.500. The molecular weight excluding hydrogens is 130 g/mol. The highest BCUT2D eigenvalue weighted by Crippen LogP contribution is 1.95. The zero-order valence-corrected chi connectivity index (χ0v) is 6.40. The number of ether oxygens (including phenoxy) is 1. The summed E-state index contributed by atoms with van der Waals surface area (Å²) in [5, 5.41) is 6.97. The fourth-order valence-electron chi connectivity index (χ4n) is 0.334. The smallest absolute Gasteiger partial charge is 0.235 e. The van der Waals surface area contributed by atoms with Crippen molar-refractivity contribution in [2.45, 2.75) is 13.8 Å². The molecule has 0 amide bonds. The van der Waals surface area contributed by atoms with Crippen LogP contribution in [0.1, 0.15) is 13.8 Å². The van der Waals surface area contributed by atoms with Gasteiger partial charge in [0.05, 0.1) is 7.11 Å². The normalized spacial score (nSPS) is 7.50. The third-order valence-electron chi connectivity index (χ3n) is 0.681. The molecule has 1 rings (SSSR count). The average molecular weight is 141 g/mol. The number of rotatable bonds is 1. The van der Waals surface area contributed by atoms with Crippen molar-refractivity contribution >= 4 is 0 Å². The Balaban J connectivity index is 0.000000371. The van der Waals surface area contributed by atoms with Crippen molar-refractivity contribution in [1.82, 2.24) is 15.2 Å². The molecule has 0 bridgehead atoms. The average Bonchev–Trinajstić information content (AvgIpc) is 2.10. The van der Waals surface area contributed by atoms with Crippen LogP contribution in [-0.2, 0) is 0 Å². The molecule has 1 aromatic rings. The zero-order valence-electron chi connectivity index (χ0n) is 6.40. The minimum Gasteiger partial charge on any atom is -0.480 e. The van der Waals surface area contributed by atoms with E-state index in [1.807, 2.05) is 13.8 Å². The van der Waals surface area contributed by atoms with E-state index < -0.39 is 0 Å². The second kappa shape index (κ2) is 5.94. The number of nitrogens with zero attached hydrogens (tertiary/aromatic N) is 3. The molecule has 0 aromatic carbocycles. The molecule has 0 unspecified atom stereocenters. The highest BCUT2D eigenvalue weighted by Gasteiger charge is 1.84. The second-order valence-electron chi connectivity index (χ2n) is 1.15. The van der Waals surface area contributed by atoms with Gasteiger partial charge in [0.1, 0.15) is 12.5 Å². The maximum Gasteiger partial charge on any atom is 0.235 e. The Hall–Kier alpha value is -1.19. The summed E-state index contributed by atoms with van der Waals surface area (Å²) >= 11 is 0. The van der Waals surface area contributed by atoms with Gasteiger partial charge in [0, 0.05) is 0 Å². The van der Waals surface area contributed by atoms with Crippen molar-refractivity contribution in [3.63, 3.8) is 0 Å². The minimum absolute atomic E-state index is 0.486. The van der Waals surface area contributed by atoms with E-state index in [0.717, 1.165) is 0 Å². The van der Waals surface area contributed by atoms with Gasteiger partial charge in [-0.1, -0.05) is 13.8 Å². The molecule has 4 nitrogen and oxygen atoms in total. The van der Waals surface area contributed by atoms with E-state index in [0.29, 0.717) is 5.88 Å². The molecule has 1 aromatic heterocycles. The van der Waals surface area contributed by atoms with Crippen LogP contribution in [0.5, 0.6) is 5.88 Å². The summed E-state index contributed by atoms with van der Waals surface area (Å²) in [6.07, 6.45) is 2.78. The van der Waals surface area contributed by atoms with Gasteiger partial charge in [0.2, 0.25) is 5.88 Å². The van der Waals surface area contributed by atoms with Crippen molar-refractivity contribution in [2.75, 3.05) is 7.11 Å². The first-order valence-corrected chi connectivity index (χ1v) is 3.10. The van der Waals surface area contributed by atoms with Crippen LogP contribution in [0.2, 0.25) is 0 Å². The van der Waals surface area contributed by atoms with Crippen LogP contribution in [-0.4, -0.2) is 22.3 Å². The highest BCUT2D eigenvalue weighted by molar-refractivity contribution is 4.97. The lowest BCUT2D eigenvalue weighted by Crippen LogP contribution is -1.88. The number of hydrogen-bond acceptors (Lipinski definition) is 4. The number of methoxy groups -OCH3 is 1. The molecule has 1 heterocycles. The molecule has 4 heteroatoms. The summed E-state index contributed by atoms with van der Waals surface area (Å²) < 4.78 is 4.70. The van der Waals surface area contributed by atoms with Gasteiger partial charge in [-0.05, 0) is 0 Å². The Labute approximate surface area is 60.3 Å². The first kappa shape index (κ1) is 8.81. The third kappa shape index (κ3) is 2.96. The lowest BCUT2D eigenvalue weighted by Gasteiger charge is -1.90. The van der Waals surface area contributed by atoms with Gasteiger partial charge in [-0.25, -0.2) is 0 Å². The van der Waals surface area contributed by atoms with Crippen molar-refractivity contribution < 1.29 is 4.74 Å². The molecule has 0 N–H and O–H groups in total. The van der Waals surface area contributed by atoms with Gasteiger partial charge in [0.15, 0.2) is 0 Å². The number of hydrogen-bond donors (Lipinski definition) is 0. The van der Waals surface area contributed by atoms with Crippen molar-refractivity contribution in [3.8, 4) is 5.88 Å². The van der Waals surface area contributed by atoms with Crippen LogP contribution in [0.4, 0.5) is 0 Å². The number of aromatic nitrogens is 3. The van der Waals surface area contributed by atoms with Gasteiger partial charge >= 0.3 is 0 Å². The van der Waals surface area contributed by atoms with E-state index in [4.69, 9.17) is 4.74 Å². The Bertz CT molecular complexity index is 154. The topological polar surface area (TPSA) is 47.9 Å². The van der Waals surface area contributed by atoms with Gasteiger partial charge < -0.3 is 4.74 Å². The summed E-state index contributed by atoms with van der Waals surface area (Å²) in [4.78, 5) is 3.70. The molecule has 56 valence electrons. The first-order valence-electron chi connectivity index (χ1n) is 3.10. The Morgan fingerprint density at radius 2 is 2.00 bits per heavy atom. The molecule has 0 atom stereocenters. The minimum atomic E-state index is 0.486. The maximum atomic E-state index is 4.70. The molecular formula is C6H11N3O. The predicted octanol–water partition coefficient (Wildman–Crippen LogP) is 0.906. The lowest BCUT2D eigenvalue weighted by molar-refractivity contribution is 0.393. The van der Waals surface area contributed by atoms with Crippen LogP contribution in [0.3, 0.4) is 0 Å². The summed E-state index contributed by atoms with van der Waals surface area (Å²) in [6.45, 7) is 4.00. The Morgan fingerprint density at radius 1 is 1.30 bits per heavy atom. The molecule has 0 aliphatic carbocycles. The third-order valence-corrected chi connectivity index (χ3v) is 0.681. The second-order valence-corrected chi connectivity index (χ2v) is 1.15. The zero-order chi connectivity index (χ0) is 7.82. The molecule has 0 saturated carbocycles. The molecule has 10 heavy (non-hydrogen) atoms. The van der Waals surface area contributed by atoms with E-state index in [9.17, 15) is 0 Å². The maximum absolute atomic E-state index is 4.70. The van der Waals surface area contributed by atoms with Crippen LogP contribution < -0.4 is 4.74 Å². The Kier molecular flexibility index (Phi) is 5.23. The SMILES string of the molecule is CC.COc1cnncn1. The molecule has 0 spiro atoms. The standard InChI is InChI=1S/C4H5N3O.C2H6/c1-8-4-2-6-7-3-5-4;1-2/h2-3H,1H3;1-2H3. The van der Waals surface area contributed by atoms with Gasteiger partial charge in [-0.3, -0.25) is 0 Å². The Morgan fingerprint density at radius 3 is 2.30 bits per heavy atom. The predicted molar refractivity (Wildman–Crippen MR) is 37.7 cm³/mol. The monoisotopic (exact) mass is 141 g/mol. The summed E-state index contributed by atoms with van der Waals surface area (Å²) in [7, 11) is 1.53. The van der Waals surface area contributed by atoms with Crippen molar-refractivity contribution in [1.29, 1.82) is 0 Å². The van der Waals surface area contributed by atoms with Crippen LogP contribution >= 0.6 is 0 Å². The van der Waals surface area contributed by atoms with E-state index >= 15 is 0 Å². The largest absolute Gasteiger partial charge is 0.480 e. The first-order chi connectivity index (χ1) is 4.93. The van der Waals surface area contributed by atoms with Gasteiger partial charge in [0.25, 0.3) is 0 Å². The van der Waals surface area contributed by atoms with Gasteiger partial charge in [-0.2, -0.15) is 10.1 Å². The summed E-state index contributed by atoms with van der Waals surface area (Å²) in [5.41, 5.74) is 0. The molecule has 0 aliphatic heterocycles. The molecule has 0 aliphatic rings. The van der Waals surface area contributed by atoms with E-state index in [2.05, 4.69) is 15.2 Å². The van der Waals surface area contributed by atoms with Crippen LogP contribution in [0.15, 0.2) is 12.5 Å². The van der Waals surface area contributed by atoms with E-state index in [-0.39, 0.29) is 0 Å².